The standard InChI is InChI=1S/C44H46N4O10S2/c1-27-23-33(35(25-37(27)47-19-11-12-20-47)45-59(53,54)43(57-29(3)49)31-15-7-5-8-16-31)39-41(51)40(42(39)52)34-24-28(2)38(48-21-13-14-22-48)26-36(34)46-60(55,56)44(58-30(4)50)32-17-9-6-10-18-32/h5-10,15-18,23-26,43-45,51H,11-14,19-22H2,1-4H3. The minimum absolute atomic E-state index is 0.0199. The van der Waals surface area contributed by atoms with Crippen molar-refractivity contribution in [1.29, 1.82) is 0 Å². The maximum absolute atomic E-state index is 14.5. The third kappa shape index (κ3) is 8.52. The molecule has 0 radical (unpaired) electrons. The fourth-order valence-electron chi connectivity index (χ4n) is 7.97. The molecule has 0 amide bonds. The Morgan fingerprint density at radius 2 is 1.28 bits per heavy atom. The molecule has 0 bridgehead atoms. The summed E-state index contributed by atoms with van der Waals surface area (Å²) in [6, 6.07) is 19.0. The first-order chi connectivity index (χ1) is 28.6. The van der Waals surface area contributed by atoms with Crippen LogP contribution in [0.5, 0.6) is 0 Å². The number of Topliss-reactive ketones (excluding diaryl/α,β-unsaturated/α-hetero) is 1. The van der Waals surface area contributed by atoms with Gasteiger partial charge in [0.2, 0.25) is 16.7 Å². The SMILES string of the molecule is CC(=O)OC(c1ccccc1)S(=O)(=O)N=C1C=C(N2CCCC2)C(C)=CC1=C1C(=O)C(c2cc(C)c(N3CCCC3)cc2NS(=O)(=O)C(OC(C)=O)c2ccccc2)=C1O. The van der Waals surface area contributed by atoms with Gasteiger partial charge < -0.3 is 24.4 Å². The van der Waals surface area contributed by atoms with Crippen LogP contribution in [0.4, 0.5) is 11.4 Å². The number of likely N-dealkylation sites (tertiary alicyclic amines) is 1. The summed E-state index contributed by atoms with van der Waals surface area (Å²) in [4.78, 5) is 43.1. The van der Waals surface area contributed by atoms with Crippen molar-refractivity contribution in [2.45, 2.75) is 64.3 Å². The second-order valence-corrected chi connectivity index (χ2v) is 18.5. The maximum atomic E-state index is 14.5. The Morgan fingerprint density at radius 1 is 0.750 bits per heavy atom. The van der Waals surface area contributed by atoms with Crippen molar-refractivity contribution in [3.05, 3.63) is 135 Å². The van der Waals surface area contributed by atoms with Crippen LogP contribution in [0.3, 0.4) is 0 Å². The Bertz CT molecular complexity index is 2620. The summed E-state index contributed by atoms with van der Waals surface area (Å²) in [7, 11) is -9.24. The number of carbonyl (C=O) groups is 3. The van der Waals surface area contributed by atoms with E-state index in [1.165, 1.54) is 24.3 Å². The lowest BCUT2D eigenvalue weighted by Gasteiger charge is -2.30. The van der Waals surface area contributed by atoms with Crippen molar-refractivity contribution < 1.29 is 45.8 Å². The monoisotopic (exact) mass is 854 g/mol. The van der Waals surface area contributed by atoms with Crippen molar-refractivity contribution in [2.24, 2.45) is 4.40 Å². The molecular weight excluding hydrogens is 809 g/mol. The molecule has 2 N–H and O–H groups in total. The molecule has 0 saturated carbocycles. The van der Waals surface area contributed by atoms with Gasteiger partial charge in [0.05, 0.1) is 22.5 Å². The summed E-state index contributed by atoms with van der Waals surface area (Å²) in [6.07, 6.45) is 6.86. The number of rotatable bonds is 12. The normalized spacial score (nSPS) is 20.1. The average Bonchev–Trinajstić information content (AvgIpc) is 3.94. The average molecular weight is 855 g/mol. The molecule has 2 saturated heterocycles. The van der Waals surface area contributed by atoms with Crippen LogP contribution >= 0.6 is 0 Å². The number of nitrogens with zero attached hydrogens (tertiary/aromatic N) is 3. The Labute approximate surface area is 349 Å². The Hall–Kier alpha value is -6.00. The number of carbonyl (C=O) groups excluding carboxylic acids is 3. The van der Waals surface area contributed by atoms with Gasteiger partial charge in [-0.3, -0.25) is 19.1 Å². The van der Waals surface area contributed by atoms with Crippen LogP contribution < -0.4 is 9.62 Å². The van der Waals surface area contributed by atoms with Crippen molar-refractivity contribution >= 4 is 60.4 Å². The van der Waals surface area contributed by atoms with Gasteiger partial charge in [-0.2, -0.15) is 4.40 Å². The lowest BCUT2D eigenvalue weighted by Crippen LogP contribution is -2.30. The van der Waals surface area contributed by atoms with Gasteiger partial charge in [0, 0.05) is 73.7 Å². The lowest BCUT2D eigenvalue weighted by atomic mass is 9.77. The number of nitrogens with one attached hydrogen (secondary N) is 1. The zero-order valence-electron chi connectivity index (χ0n) is 33.7. The number of aliphatic hydroxyl groups excluding tert-OH is 1. The van der Waals surface area contributed by atoms with Crippen molar-refractivity contribution in [2.75, 3.05) is 35.8 Å². The van der Waals surface area contributed by atoms with E-state index in [4.69, 9.17) is 9.47 Å². The Kier molecular flexibility index (Phi) is 11.9. The first-order valence-corrected chi connectivity index (χ1v) is 22.7. The van der Waals surface area contributed by atoms with E-state index in [9.17, 15) is 36.3 Å². The minimum Gasteiger partial charge on any atom is -0.506 e. The Balaban J connectivity index is 1.38. The number of benzene rings is 3. The van der Waals surface area contributed by atoms with Crippen molar-refractivity contribution in [1.82, 2.24) is 4.90 Å². The van der Waals surface area contributed by atoms with Gasteiger partial charge in [-0.25, -0.2) is 16.8 Å². The number of aliphatic hydroxyl groups is 1. The summed E-state index contributed by atoms with van der Waals surface area (Å²) in [5, 5.41) is 11.9. The highest BCUT2D eigenvalue weighted by Crippen LogP contribution is 2.45. The van der Waals surface area contributed by atoms with Gasteiger partial charge >= 0.3 is 11.9 Å². The number of hydrogen-bond acceptors (Lipinski definition) is 12. The first kappa shape index (κ1) is 42.1. The molecule has 2 aliphatic carbocycles. The molecule has 3 aromatic rings. The Morgan fingerprint density at radius 3 is 1.83 bits per heavy atom. The molecule has 314 valence electrons. The number of allylic oxidation sites excluding steroid dienone is 6. The summed E-state index contributed by atoms with van der Waals surface area (Å²) >= 11 is 0. The molecular formula is C44H46N4O10S2. The smallest absolute Gasteiger partial charge is 0.304 e. The van der Waals surface area contributed by atoms with E-state index in [2.05, 4.69) is 18.9 Å². The lowest BCUT2D eigenvalue weighted by molar-refractivity contribution is -0.143. The number of hydrogen-bond donors (Lipinski definition) is 2. The van der Waals surface area contributed by atoms with Crippen LogP contribution in [0.2, 0.25) is 0 Å². The molecule has 2 unspecified atom stereocenters. The second-order valence-electron chi connectivity index (χ2n) is 15.1. The van der Waals surface area contributed by atoms with Gasteiger partial charge in [-0.15, -0.1) is 0 Å². The van der Waals surface area contributed by atoms with Gasteiger partial charge in [0.1, 0.15) is 5.76 Å². The van der Waals surface area contributed by atoms with Gasteiger partial charge in [-0.05, 0) is 75.0 Å². The molecule has 0 aromatic heterocycles. The molecule has 4 aliphatic rings. The molecule has 2 atom stereocenters. The van der Waals surface area contributed by atoms with E-state index in [0.717, 1.165) is 52.6 Å². The molecule has 7 rings (SSSR count). The highest BCUT2D eigenvalue weighted by molar-refractivity contribution is 7.92. The summed E-state index contributed by atoms with van der Waals surface area (Å²) < 4.78 is 74.1. The van der Waals surface area contributed by atoms with Crippen LogP contribution in [0, 0.1) is 6.92 Å². The predicted molar refractivity (Wildman–Crippen MR) is 228 cm³/mol. The van der Waals surface area contributed by atoms with Gasteiger partial charge in [0.25, 0.3) is 20.0 Å². The molecule has 16 heteroatoms. The largest absolute Gasteiger partial charge is 0.506 e. The summed E-state index contributed by atoms with van der Waals surface area (Å²) in [6.45, 7) is 8.70. The highest BCUT2D eigenvalue weighted by Gasteiger charge is 2.42. The van der Waals surface area contributed by atoms with Crippen LogP contribution in [0.15, 0.2) is 118 Å². The van der Waals surface area contributed by atoms with E-state index in [0.29, 0.717) is 35.6 Å². The van der Waals surface area contributed by atoms with E-state index in [-0.39, 0.29) is 44.8 Å². The van der Waals surface area contributed by atoms with Gasteiger partial charge in [-0.1, -0.05) is 60.7 Å². The van der Waals surface area contributed by atoms with Crippen LogP contribution in [-0.2, 0) is 43.9 Å². The quantitative estimate of drug-likeness (QED) is 0.145. The van der Waals surface area contributed by atoms with Crippen molar-refractivity contribution in [3.63, 3.8) is 0 Å². The van der Waals surface area contributed by atoms with Crippen LogP contribution in [-0.4, -0.2) is 76.5 Å². The highest BCUT2D eigenvalue weighted by atomic mass is 32.2. The zero-order chi connectivity index (χ0) is 42.9. The molecule has 60 heavy (non-hydrogen) atoms. The number of esters is 2. The third-order valence-corrected chi connectivity index (χ3v) is 13.5. The number of anilines is 2. The van der Waals surface area contributed by atoms with E-state index < -0.39 is 54.4 Å². The fraction of sp³-hybridized carbons (Fsp3) is 0.318. The minimum atomic E-state index is -4.68. The fourth-order valence-corrected chi connectivity index (χ4v) is 10.6. The molecule has 2 fully saturated rings. The van der Waals surface area contributed by atoms with E-state index >= 15 is 0 Å². The number of aryl methyl sites for hydroxylation is 1. The van der Waals surface area contributed by atoms with Crippen LogP contribution in [0.25, 0.3) is 5.57 Å². The number of sulfonamides is 2. The topological polar surface area (TPSA) is 189 Å². The molecule has 2 aliphatic heterocycles. The first-order valence-electron chi connectivity index (χ1n) is 19.6. The van der Waals surface area contributed by atoms with E-state index in [1.54, 1.807) is 60.7 Å². The van der Waals surface area contributed by atoms with Gasteiger partial charge in [0.15, 0.2) is 0 Å². The number of ether oxygens (including phenoxy) is 2. The van der Waals surface area contributed by atoms with Crippen LogP contribution in [0.1, 0.15) is 79.6 Å². The van der Waals surface area contributed by atoms with E-state index in [1.807, 2.05) is 13.8 Å². The maximum Gasteiger partial charge on any atom is 0.304 e. The molecule has 0 spiro atoms. The second kappa shape index (κ2) is 16.9. The third-order valence-electron chi connectivity index (χ3n) is 10.7. The predicted octanol–water partition coefficient (Wildman–Crippen LogP) is 6.72. The molecule has 2 heterocycles. The zero-order valence-corrected chi connectivity index (χ0v) is 35.3. The van der Waals surface area contributed by atoms with Crippen molar-refractivity contribution in [3.8, 4) is 0 Å². The summed E-state index contributed by atoms with van der Waals surface area (Å²) in [5.41, 5.74) is -0.938. The molecule has 14 nitrogen and oxygen atoms in total. The number of ketones is 1. The summed E-state index contributed by atoms with van der Waals surface area (Å²) in [5.74, 6) is -2.88. The molecule has 3 aromatic carbocycles.